The molecule has 1 aromatic heterocycles. The second-order valence-electron chi connectivity index (χ2n) is 7.22. The minimum Gasteiger partial charge on any atom is -0.258 e. The average molecular weight is 261 g/mol. The lowest BCUT2D eigenvalue weighted by Crippen LogP contribution is -2.25. The van der Waals surface area contributed by atoms with Gasteiger partial charge >= 0.3 is 0 Å². The molecule has 1 unspecified atom stereocenters. The number of rotatable bonds is 0. The van der Waals surface area contributed by atoms with Crippen molar-refractivity contribution in [3.63, 3.8) is 0 Å². The Morgan fingerprint density at radius 2 is 1.68 bits per heavy atom. The summed E-state index contributed by atoms with van der Waals surface area (Å²) in [7, 11) is 0. The van der Waals surface area contributed by atoms with Crippen LogP contribution < -0.4 is 0 Å². The van der Waals surface area contributed by atoms with E-state index >= 15 is 0 Å². The zero-order chi connectivity index (χ0) is 14.8. The first-order valence-electron chi connectivity index (χ1n) is 7.69. The van der Waals surface area contributed by atoms with Crippen molar-refractivity contribution in [1.29, 1.82) is 0 Å². The molecule has 19 heavy (non-hydrogen) atoms. The fourth-order valence-corrected chi connectivity index (χ4v) is 3.81. The molecule has 1 heterocycles. The molecule has 0 saturated heterocycles. The first kappa shape index (κ1) is 16.2. The lowest BCUT2D eigenvalue weighted by Gasteiger charge is -2.32. The predicted octanol–water partition coefficient (Wildman–Crippen LogP) is 5.62. The molecule has 0 amide bonds. The van der Waals surface area contributed by atoms with E-state index in [-0.39, 0.29) is 5.41 Å². The van der Waals surface area contributed by atoms with Gasteiger partial charge in [-0.05, 0) is 48.1 Å². The molecule has 0 aromatic carbocycles. The third kappa shape index (κ3) is 3.58. The number of fused-ring (bicyclic) bond motifs is 1. The summed E-state index contributed by atoms with van der Waals surface area (Å²) in [6.07, 6.45) is 2.47. The van der Waals surface area contributed by atoms with Crippen molar-refractivity contribution in [3.05, 3.63) is 29.1 Å². The fourth-order valence-electron chi connectivity index (χ4n) is 3.81. The van der Waals surface area contributed by atoms with Crippen LogP contribution in [-0.4, -0.2) is 4.98 Å². The first-order valence-corrected chi connectivity index (χ1v) is 7.69. The van der Waals surface area contributed by atoms with E-state index in [1.165, 1.54) is 24.1 Å². The number of hydrogen-bond donors (Lipinski definition) is 0. The van der Waals surface area contributed by atoms with Crippen LogP contribution in [0.3, 0.4) is 0 Å². The van der Waals surface area contributed by atoms with Gasteiger partial charge in [-0.25, -0.2) is 0 Å². The van der Waals surface area contributed by atoms with Gasteiger partial charge in [0.05, 0.1) is 0 Å². The Labute approximate surface area is 119 Å². The Bertz CT molecular complexity index is 429. The van der Waals surface area contributed by atoms with Crippen LogP contribution in [0.1, 0.15) is 84.2 Å². The van der Waals surface area contributed by atoms with E-state index in [4.69, 9.17) is 4.98 Å². The van der Waals surface area contributed by atoms with Gasteiger partial charge in [0.1, 0.15) is 0 Å². The summed E-state index contributed by atoms with van der Waals surface area (Å²) < 4.78 is 0. The van der Waals surface area contributed by atoms with Crippen molar-refractivity contribution in [2.24, 2.45) is 5.41 Å². The SMILES string of the molecule is CC.Cc1ccc2c(n1)C(C)CC(C)(C)CC2(C)C. The summed E-state index contributed by atoms with van der Waals surface area (Å²) in [5, 5.41) is 0. The molecular weight excluding hydrogens is 230 g/mol. The van der Waals surface area contributed by atoms with Gasteiger partial charge in [-0.15, -0.1) is 0 Å². The van der Waals surface area contributed by atoms with Crippen LogP contribution in [0, 0.1) is 12.3 Å². The monoisotopic (exact) mass is 261 g/mol. The number of hydrogen-bond acceptors (Lipinski definition) is 1. The molecule has 0 spiro atoms. The zero-order valence-corrected chi connectivity index (χ0v) is 14.1. The third-order valence-corrected chi connectivity index (χ3v) is 4.04. The van der Waals surface area contributed by atoms with E-state index in [1.807, 2.05) is 13.8 Å². The Balaban J connectivity index is 0.000000861. The third-order valence-electron chi connectivity index (χ3n) is 4.04. The minimum absolute atomic E-state index is 0.240. The second-order valence-corrected chi connectivity index (χ2v) is 7.22. The van der Waals surface area contributed by atoms with Crippen molar-refractivity contribution < 1.29 is 0 Å². The summed E-state index contributed by atoms with van der Waals surface area (Å²) in [6.45, 7) is 17.9. The lowest BCUT2D eigenvalue weighted by molar-refractivity contribution is 0.240. The molecule has 1 nitrogen and oxygen atoms in total. The Hall–Kier alpha value is -0.850. The minimum atomic E-state index is 0.240. The van der Waals surface area contributed by atoms with Crippen LogP contribution in [0.4, 0.5) is 0 Å². The van der Waals surface area contributed by atoms with Crippen LogP contribution in [0.25, 0.3) is 0 Å². The highest BCUT2D eigenvalue weighted by atomic mass is 14.7. The van der Waals surface area contributed by atoms with E-state index in [9.17, 15) is 0 Å². The van der Waals surface area contributed by atoms with Gasteiger partial charge in [-0.1, -0.05) is 54.5 Å². The van der Waals surface area contributed by atoms with Gasteiger partial charge < -0.3 is 0 Å². The number of nitrogens with zero attached hydrogens (tertiary/aromatic N) is 1. The quantitative estimate of drug-likeness (QED) is 0.552. The predicted molar refractivity (Wildman–Crippen MR) is 84.8 cm³/mol. The highest BCUT2D eigenvalue weighted by Crippen LogP contribution is 2.47. The average Bonchev–Trinajstić information content (AvgIpc) is 2.34. The molecule has 0 fully saturated rings. The van der Waals surface area contributed by atoms with E-state index < -0.39 is 0 Å². The maximum absolute atomic E-state index is 4.82. The van der Waals surface area contributed by atoms with Gasteiger partial charge in [0, 0.05) is 11.4 Å². The zero-order valence-electron chi connectivity index (χ0n) is 14.1. The van der Waals surface area contributed by atoms with Crippen LogP contribution in [0.15, 0.2) is 12.1 Å². The summed E-state index contributed by atoms with van der Waals surface area (Å²) in [5.41, 5.74) is 4.58. The van der Waals surface area contributed by atoms with Gasteiger partial charge in [0.25, 0.3) is 0 Å². The topological polar surface area (TPSA) is 12.9 Å². The maximum atomic E-state index is 4.82. The van der Waals surface area contributed by atoms with E-state index in [2.05, 4.69) is 53.7 Å². The largest absolute Gasteiger partial charge is 0.258 e. The molecule has 2 rings (SSSR count). The highest BCUT2D eigenvalue weighted by Gasteiger charge is 2.38. The molecule has 0 bridgehead atoms. The standard InChI is InChI=1S/C16H25N.C2H6/c1-11-9-15(3,4)10-16(5,6)13-8-7-12(2)17-14(11)13;1-2/h7-8,11H,9-10H2,1-6H3;1-2H3. The smallest absolute Gasteiger partial charge is 0.0472 e. The molecular formula is C18H31N. The number of aromatic nitrogens is 1. The fraction of sp³-hybridized carbons (Fsp3) is 0.722. The van der Waals surface area contributed by atoms with Crippen LogP contribution in [0.2, 0.25) is 0 Å². The first-order chi connectivity index (χ1) is 8.71. The lowest BCUT2D eigenvalue weighted by atomic mass is 9.72. The Morgan fingerprint density at radius 3 is 2.26 bits per heavy atom. The molecule has 0 aliphatic heterocycles. The molecule has 1 atom stereocenters. The van der Waals surface area contributed by atoms with Gasteiger partial charge in [0.15, 0.2) is 0 Å². The molecule has 1 aromatic rings. The maximum Gasteiger partial charge on any atom is 0.0472 e. The molecule has 0 radical (unpaired) electrons. The van der Waals surface area contributed by atoms with Crippen LogP contribution in [-0.2, 0) is 5.41 Å². The van der Waals surface area contributed by atoms with E-state index in [0.29, 0.717) is 11.3 Å². The van der Waals surface area contributed by atoms with Gasteiger partial charge in [-0.2, -0.15) is 0 Å². The normalized spacial score (nSPS) is 23.7. The van der Waals surface area contributed by atoms with Crippen molar-refractivity contribution in [2.75, 3.05) is 0 Å². The molecule has 1 heteroatoms. The van der Waals surface area contributed by atoms with E-state index in [1.54, 1.807) is 0 Å². The second kappa shape index (κ2) is 5.64. The summed E-state index contributed by atoms with van der Waals surface area (Å²) >= 11 is 0. The highest BCUT2D eigenvalue weighted by molar-refractivity contribution is 5.34. The van der Waals surface area contributed by atoms with Crippen molar-refractivity contribution in [3.8, 4) is 0 Å². The molecule has 1 aliphatic rings. The van der Waals surface area contributed by atoms with Gasteiger partial charge in [-0.3, -0.25) is 4.98 Å². The summed E-state index contributed by atoms with van der Waals surface area (Å²) in [4.78, 5) is 4.82. The van der Waals surface area contributed by atoms with E-state index in [0.717, 1.165) is 5.69 Å². The van der Waals surface area contributed by atoms with Crippen LogP contribution in [0.5, 0.6) is 0 Å². The molecule has 1 aliphatic carbocycles. The van der Waals surface area contributed by atoms with Crippen molar-refractivity contribution in [2.45, 2.75) is 79.6 Å². The Morgan fingerprint density at radius 1 is 1.11 bits per heavy atom. The van der Waals surface area contributed by atoms with Gasteiger partial charge in [0.2, 0.25) is 0 Å². The Kier molecular flexibility index (Phi) is 4.81. The van der Waals surface area contributed by atoms with Crippen molar-refractivity contribution in [1.82, 2.24) is 4.98 Å². The summed E-state index contributed by atoms with van der Waals surface area (Å²) in [6, 6.07) is 4.46. The number of pyridine rings is 1. The number of aryl methyl sites for hydroxylation is 1. The molecule has 0 saturated carbocycles. The van der Waals surface area contributed by atoms with Crippen LogP contribution >= 0.6 is 0 Å². The summed E-state index contributed by atoms with van der Waals surface area (Å²) in [5.74, 6) is 0.571. The van der Waals surface area contributed by atoms with Crippen molar-refractivity contribution >= 4 is 0 Å². The molecule has 108 valence electrons. The molecule has 0 N–H and O–H groups in total.